The van der Waals surface area contributed by atoms with Crippen LogP contribution in [0, 0.1) is 0 Å². The Labute approximate surface area is 140 Å². The van der Waals surface area contributed by atoms with Crippen molar-refractivity contribution in [2.24, 2.45) is 0 Å². The minimum atomic E-state index is -1.08. The highest BCUT2D eigenvalue weighted by atomic mass is 16.6. The van der Waals surface area contributed by atoms with E-state index >= 15 is 0 Å². The van der Waals surface area contributed by atoms with Crippen molar-refractivity contribution in [1.82, 2.24) is 5.32 Å². The summed E-state index contributed by atoms with van der Waals surface area (Å²) in [6.45, 7) is 5.12. The van der Waals surface area contributed by atoms with E-state index in [4.69, 9.17) is 4.74 Å². The van der Waals surface area contributed by atoms with E-state index in [0.717, 1.165) is 16.3 Å². The third kappa shape index (κ3) is 4.84. The summed E-state index contributed by atoms with van der Waals surface area (Å²) in [5.41, 5.74) is 0.237. The molecule has 2 aromatic carbocycles. The molecular formula is C19H21NO4. The number of hydrogen-bond donors (Lipinski definition) is 2. The van der Waals surface area contributed by atoms with E-state index in [2.05, 4.69) is 5.32 Å². The molecule has 0 bridgehead atoms. The molecule has 126 valence electrons. The first-order chi connectivity index (χ1) is 11.3. The fourth-order valence-electron chi connectivity index (χ4n) is 2.23. The molecule has 1 amide bonds. The molecule has 0 unspecified atom stereocenters. The van der Waals surface area contributed by atoms with Gasteiger partial charge in [-0.2, -0.15) is 0 Å². The molecule has 0 saturated heterocycles. The number of benzene rings is 2. The van der Waals surface area contributed by atoms with E-state index < -0.39 is 17.7 Å². The van der Waals surface area contributed by atoms with Gasteiger partial charge >= 0.3 is 12.1 Å². The summed E-state index contributed by atoms with van der Waals surface area (Å²) in [4.78, 5) is 23.2. The molecule has 5 heteroatoms. The summed E-state index contributed by atoms with van der Waals surface area (Å²) in [5.74, 6) is -1.08. The molecule has 2 aromatic rings. The molecule has 24 heavy (non-hydrogen) atoms. The number of fused-ring (bicyclic) bond motifs is 1. The smallest absolute Gasteiger partial charge is 0.407 e. The number of nitrogens with one attached hydrogen (secondary N) is 1. The molecule has 0 heterocycles. The third-order valence-corrected chi connectivity index (χ3v) is 3.25. The Hall–Kier alpha value is -2.82. The molecule has 0 spiro atoms. The van der Waals surface area contributed by atoms with Gasteiger partial charge in [0.25, 0.3) is 0 Å². The van der Waals surface area contributed by atoms with Crippen LogP contribution in [-0.2, 0) is 9.53 Å². The number of alkyl carbamates (subject to hydrolysis) is 1. The van der Waals surface area contributed by atoms with Crippen molar-refractivity contribution < 1.29 is 19.4 Å². The maximum Gasteiger partial charge on any atom is 0.407 e. The van der Waals surface area contributed by atoms with Crippen molar-refractivity contribution >= 4 is 28.9 Å². The van der Waals surface area contributed by atoms with Crippen LogP contribution in [0.25, 0.3) is 16.8 Å². The minimum absolute atomic E-state index is 0.0808. The number of amides is 1. The van der Waals surface area contributed by atoms with Crippen LogP contribution < -0.4 is 5.32 Å². The normalized spacial score (nSPS) is 12.0. The lowest BCUT2D eigenvalue weighted by atomic mass is 10.0. The molecule has 0 radical (unpaired) electrons. The Morgan fingerprint density at radius 2 is 1.79 bits per heavy atom. The van der Waals surface area contributed by atoms with Crippen LogP contribution in [0.1, 0.15) is 26.3 Å². The van der Waals surface area contributed by atoms with Gasteiger partial charge in [-0.05, 0) is 43.2 Å². The van der Waals surface area contributed by atoms with Crippen LogP contribution in [-0.4, -0.2) is 29.3 Å². The number of ether oxygens (including phenoxy) is 1. The second-order valence-corrected chi connectivity index (χ2v) is 6.40. The van der Waals surface area contributed by atoms with Gasteiger partial charge in [-0.1, -0.05) is 42.5 Å². The molecule has 0 aliphatic heterocycles. The molecule has 0 aliphatic rings. The Morgan fingerprint density at radius 1 is 1.12 bits per heavy atom. The lowest BCUT2D eigenvalue weighted by Crippen LogP contribution is -2.34. The number of rotatable bonds is 4. The largest absolute Gasteiger partial charge is 0.478 e. The SMILES string of the molecule is CC(C)(C)OC(=O)NC/C(=C\c1cccc2ccccc12)C(=O)O. The van der Waals surface area contributed by atoms with E-state index in [0.29, 0.717) is 0 Å². The quantitative estimate of drug-likeness (QED) is 0.837. The van der Waals surface area contributed by atoms with Crippen molar-refractivity contribution in [3.8, 4) is 0 Å². The zero-order valence-electron chi connectivity index (χ0n) is 14.0. The van der Waals surface area contributed by atoms with Gasteiger partial charge in [0.05, 0.1) is 12.1 Å². The van der Waals surface area contributed by atoms with Crippen LogP contribution in [0.2, 0.25) is 0 Å². The second-order valence-electron chi connectivity index (χ2n) is 6.40. The number of aliphatic carboxylic acids is 1. The number of carboxylic acids is 1. The van der Waals surface area contributed by atoms with Gasteiger partial charge in [-0.3, -0.25) is 0 Å². The molecular weight excluding hydrogens is 306 g/mol. The Morgan fingerprint density at radius 3 is 2.46 bits per heavy atom. The van der Waals surface area contributed by atoms with Gasteiger partial charge in [0.2, 0.25) is 0 Å². The number of hydrogen-bond acceptors (Lipinski definition) is 3. The van der Waals surface area contributed by atoms with Crippen LogP contribution in [0.4, 0.5) is 4.79 Å². The number of carboxylic acid groups (broad SMARTS) is 1. The Kier molecular flexibility index (Phi) is 5.24. The van der Waals surface area contributed by atoms with Gasteiger partial charge in [-0.15, -0.1) is 0 Å². The van der Waals surface area contributed by atoms with Gasteiger partial charge in [0.1, 0.15) is 5.60 Å². The molecule has 0 aromatic heterocycles. The molecule has 0 fully saturated rings. The van der Waals surface area contributed by atoms with E-state index in [-0.39, 0.29) is 12.1 Å². The van der Waals surface area contributed by atoms with E-state index in [1.54, 1.807) is 26.8 Å². The van der Waals surface area contributed by atoms with E-state index in [1.165, 1.54) is 0 Å². The summed E-state index contributed by atoms with van der Waals surface area (Å²) < 4.78 is 5.12. The Bertz CT molecular complexity index is 782. The van der Waals surface area contributed by atoms with Crippen molar-refractivity contribution in [2.75, 3.05) is 6.54 Å². The number of carbonyl (C=O) groups excluding carboxylic acids is 1. The van der Waals surface area contributed by atoms with Crippen molar-refractivity contribution in [3.63, 3.8) is 0 Å². The summed E-state index contributed by atoms with van der Waals surface area (Å²) in [5, 5.41) is 13.8. The summed E-state index contributed by atoms with van der Waals surface area (Å²) in [6, 6.07) is 13.4. The molecule has 0 saturated carbocycles. The first-order valence-corrected chi connectivity index (χ1v) is 7.65. The summed E-state index contributed by atoms with van der Waals surface area (Å²) >= 11 is 0. The van der Waals surface area contributed by atoms with Crippen LogP contribution in [0.5, 0.6) is 0 Å². The Balaban J connectivity index is 2.22. The maximum atomic E-state index is 11.7. The fourth-order valence-corrected chi connectivity index (χ4v) is 2.23. The second kappa shape index (κ2) is 7.17. The monoisotopic (exact) mass is 327 g/mol. The fraction of sp³-hybridized carbons (Fsp3) is 0.263. The predicted molar refractivity (Wildman–Crippen MR) is 93.8 cm³/mol. The minimum Gasteiger partial charge on any atom is -0.478 e. The van der Waals surface area contributed by atoms with Crippen molar-refractivity contribution in [2.45, 2.75) is 26.4 Å². The molecule has 0 atom stereocenters. The molecule has 2 N–H and O–H groups in total. The highest BCUT2D eigenvalue weighted by molar-refractivity contribution is 5.98. The summed E-state index contributed by atoms with van der Waals surface area (Å²) in [6.07, 6.45) is 0.926. The summed E-state index contributed by atoms with van der Waals surface area (Å²) in [7, 11) is 0. The maximum absolute atomic E-state index is 11.7. The lowest BCUT2D eigenvalue weighted by molar-refractivity contribution is -0.132. The first kappa shape index (κ1) is 17.5. The number of carbonyl (C=O) groups is 2. The predicted octanol–water partition coefficient (Wildman–Crippen LogP) is 3.83. The average Bonchev–Trinajstić information content (AvgIpc) is 2.49. The molecule has 2 rings (SSSR count). The standard InChI is InChI=1S/C19H21NO4/c1-19(2,3)24-18(23)20-12-15(17(21)22)11-14-9-6-8-13-7-4-5-10-16(13)14/h4-11H,12H2,1-3H3,(H,20,23)(H,21,22)/b15-11+. The van der Waals surface area contributed by atoms with Gasteiger partial charge in [-0.25, -0.2) is 9.59 Å². The lowest BCUT2D eigenvalue weighted by Gasteiger charge is -2.19. The molecule has 5 nitrogen and oxygen atoms in total. The molecule has 0 aliphatic carbocycles. The van der Waals surface area contributed by atoms with E-state index in [9.17, 15) is 14.7 Å². The van der Waals surface area contributed by atoms with Crippen LogP contribution >= 0.6 is 0 Å². The highest BCUT2D eigenvalue weighted by Gasteiger charge is 2.17. The van der Waals surface area contributed by atoms with Crippen LogP contribution in [0.15, 0.2) is 48.0 Å². The average molecular weight is 327 g/mol. The van der Waals surface area contributed by atoms with Gasteiger partial charge in [0.15, 0.2) is 0 Å². The highest BCUT2D eigenvalue weighted by Crippen LogP contribution is 2.21. The zero-order chi connectivity index (χ0) is 17.7. The van der Waals surface area contributed by atoms with Gasteiger partial charge in [0, 0.05) is 0 Å². The van der Waals surface area contributed by atoms with E-state index in [1.807, 2.05) is 42.5 Å². The van der Waals surface area contributed by atoms with Gasteiger partial charge < -0.3 is 15.2 Å². The van der Waals surface area contributed by atoms with Crippen molar-refractivity contribution in [1.29, 1.82) is 0 Å². The first-order valence-electron chi connectivity index (χ1n) is 7.65. The van der Waals surface area contributed by atoms with Crippen LogP contribution in [0.3, 0.4) is 0 Å². The third-order valence-electron chi connectivity index (χ3n) is 3.25. The van der Waals surface area contributed by atoms with Crippen molar-refractivity contribution in [3.05, 3.63) is 53.6 Å². The topological polar surface area (TPSA) is 75.6 Å². The zero-order valence-corrected chi connectivity index (χ0v) is 14.0.